The minimum absolute atomic E-state index is 0.519. The zero-order valence-corrected chi connectivity index (χ0v) is 9.31. The van der Waals surface area contributed by atoms with E-state index in [1.165, 1.54) is 5.56 Å². The van der Waals surface area contributed by atoms with E-state index >= 15 is 0 Å². The number of hydrogen-bond donors (Lipinski definition) is 0. The van der Waals surface area contributed by atoms with E-state index < -0.39 is 0 Å². The quantitative estimate of drug-likeness (QED) is 0.748. The third kappa shape index (κ3) is 2.06. The zero-order valence-electron chi connectivity index (χ0n) is 9.31. The Bertz CT molecular complexity index is 440. The molecule has 2 aromatic rings. The lowest BCUT2D eigenvalue weighted by atomic mass is 10.1. The highest BCUT2D eigenvalue weighted by atomic mass is 15.3. The predicted octanol–water partition coefficient (Wildman–Crippen LogP) is 2.70. The number of aryl methyl sites for hydroxylation is 1. The van der Waals surface area contributed by atoms with Gasteiger partial charge in [0.15, 0.2) is 5.82 Å². The predicted molar refractivity (Wildman–Crippen MR) is 60.2 cm³/mol. The van der Waals surface area contributed by atoms with E-state index in [-0.39, 0.29) is 0 Å². The smallest absolute Gasteiger partial charge is 0.153 e. The SMILES string of the molecule is Cc1cnn(-c2ccc(C(C)C)cn2)c1. The van der Waals surface area contributed by atoms with Gasteiger partial charge in [0, 0.05) is 12.4 Å². The van der Waals surface area contributed by atoms with Gasteiger partial charge < -0.3 is 0 Å². The van der Waals surface area contributed by atoms with Crippen LogP contribution in [0.5, 0.6) is 0 Å². The molecule has 78 valence electrons. The summed E-state index contributed by atoms with van der Waals surface area (Å²) >= 11 is 0. The Kier molecular flexibility index (Phi) is 2.54. The van der Waals surface area contributed by atoms with Crippen LogP contribution in [0.4, 0.5) is 0 Å². The summed E-state index contributed by atoms with van der Waals surface area (Å²) in [6.45, 7) is 6.34. The molecule has 2 heterocycles. The van der Waals surface area contributed by atoms with E-state index in [4.69, 9.17) is 0 Å². The largest absolute Gasteiger partial charge is 0.237 e. The molecule has 2 aromatic heterocycles. The molecular weight excluding hydrogens is 186 g/mol. The lowest BCUT2D eigenvalue weighted by Gasteiger charge is -2.05. The first kappa shape index (κ1) is 9.90. The van der Waals surface area contributed by atoms with Crippen LogP contribution in [-0.4, -0.2) is 14.8 Å². The molecular formula is C12H15N3. The Balaban J connectivity index is 2.31. The summed E-state index contributed by atoms with van der Waals surface area (Å²) in [6.07, 6.45) is 5.71. The Morgan fingerprint density at radius 1 is 1.20 bits per heavy atom. The van der Waals surface area contributed by atoms with Crippen LogP contribution < -0.4 is 0 Å². The molecule has 0 N–H and O–H groups in total. The second-order valence-corrected chi connectivity index (χ2v) is 4.07. The molecule has 15 heavy (non-hydrogen) atoms. The molecule has 0 saturated carbocycles. The van der Waals surface area contributed by atoms with Crippen LogP contribution in [0.15, 0.2) is 30.7 Å². The van der Waals surface area contributed by atoms with Crippen molar-refractivity contribution in [3.05, 3.63) is 41.9 Å². The van der Waals surface area contributed by atoms with Crippen molar-refractivity contribution < 1.29 is 0 Å². The monoisotopic (exact) mass is 201 g/mol. The summed E-state index contributed by atoms with van der Waals surface area (Å²) in [7, 11) is 0. The summed E-state index contributed by atoms with van der Waals surface area (Å²) in [5.41, 5.74) is 2.40. The molecule has 0 radical (unpaired) electrons. The molecule has 0 saturated heterocycles. The van der Waals surface area contributed by atoms with E-state index in [0.717, 1.165) is 11.4 Å². The van der Waals surface area contributed by atoms with Gasteiger partial charge in [0.2, 0.25) is 0 Å². The number of pyridine rings is 1. The highest BCUT2D eigenvalue weighted by Crippen LogP contribution is 2.14. The normalized spacial score (nSPS) is 10.9. The molecule has 0 aliphatic heterocycles. The van der Waals surface area contributed by atoms with Crippen molar-refractivity contribution >= 4 is 0 Å². The first-order chi connectivity index (χ1) is 7.16. The third-order valence-electron chi connectivity index (χ3n) is 2.38. The highest BCUT2D eigenvalue weighted by Gasteiger charge is 2.02. The molecule has 0 bridgehead atoms. The summed E-state index contributed by atoms with van der Waals surface area (Å²) in [5, 5.41) is 4.21. The molecule has 0 amide bonds. The first-order valence-corrected chi connectivity index (χ1v) is 5.14. The third-order valence-corrected chi connectivity index (χ3v) is 2.38. The van der Waals surface area contributed by atoms with Crippen molar-refractivity contribution in [1.29, 1.82) is 0 Å². The topological polar surface area (TPSA) is 30.7 Å². The molecule has 0 atom stereocenters. The van der Waals surface area contributed by atoms with Gasteiger partial charge in [0.1, 0.15) is 0 Å². The van der Waals surface area contributed by atoms with Crippen molar-refractivity contribution in [2.75, 3.05) is 0 Å². The van der Waals surface area contributed by atoms with E-state index in [1.54, 1.807) is 4.68 Å². The number of rotatable bonds is 2. The fraction of sp³-hybridized carbons (Fsp3) is 0.333. The first-order valence-electron chi connectivity index (χ1n) is 5.14. The van der Waals surface area contributed by atoms with E-state index in [1.807, 2.05) is 31.6 Å². The standard InChI is InChI=1S/C12H15N3/c1-9(2)11-4-5-12(13-7-11)15-8-10(3)6-14-15/h4-9H,1-3H3. The Morgan fingerprint density at radius 2 is 2.00 bits per heavy atom. The van der Waals surface area contributed by atoms with Gasteiger partial charge in [0.25, 0.3) is 0 Å². The van der Waals surface area contributed by atoms with Crippen LogP contribution in [-0.2, 0) is 0 Å². The number of nitrogens with zero attached hydrogens (tertiary/aromatic N) is 3. The van der Waals surface area contributed by atoms with Gasteiger partial charge in [-0.05, 0) is 30.0 Å². The summed E-state index contributed by atoms with van der Waals surface area (Å²) in [6, 6.07) is 4.10. The summed E-state index contributed by atoms with van der Waals surface area (Å²) in [5.74, 6) is 1.39. The van der Waals surface area contributed by atoms with Crippen LogP contribution in [0.1, 0.15) is 30.9 Å². The average Bonchev–Trinajstić information content (AvgIpc) is 2.65. The number of hydrogen-bond acceptors (Lipinski definition) is 2. The number of aromatic nitrogens is 3. The maximum atomic E-state index is 4.38. The van der Waals surface area contributed by atoms with Gasteiger partial charge in [-0.25, -0.2) is 9.67 Å². The molecule has 0 aliphatic carbocycles. The van der Waals surface area contributed by atoms with Gasteiger partial charge in [-0.15, -0.1) is 0 Å². The maximum absolute atomic E-state index is 4.38. The Morgan fingerprint density at radius 3 is 2.47 bits per heavy atom. The summed E-state index contributed by atoms with van der Waals surface area (Å²) < 4.78 is 1.79. The lowest BCUT2D eigenvalue weighted by molar-refractivity contribution is 0.822. The van der Waals surface area contributed by atoms with E-state index in [9.17, 15) is 0 Å². The van der Waals surface area contributed by atoms with Gasteiger partial charge in [-0.3, -0.25) is 0 Å². The summed E-state index contributed by atoms with van der Waals surface area (Å²) in [4.78, 5) is 4.38. The molecule has 0 unspecified atom stereocenters. The van der Waals surface area contributed by atoms with E-state index in [2.05, 4.69) is 30.0 Å². The maximum Gasteiger partial charge on any atom is 0.153 e. The molecule has 0 fully saturated rings. The van der Waals surface area contributed by atoms with Crippen LogP contribution >= 0.6 is 0 Å². The second-order valence-electron chi connectivity index (χ2n) is 4.07. The Hall–Kier alpha value is -1.64. The van der Waals surface area contributed by atoms with Crippen molar-refractivity contribution in [3.63, 3.8) is 0 Å². The van der Waals surface area contributed by atoms with Gasteiger partial charge >= 0.3 is 0 Å². The second kappa shape index (κ2) is 3.85. The molecule has 0 aromatic carbocycles. The molecule has 0 spiro atoms. The molecule has 3 heteroatoms. The van der Waals surface area contributed by atoms with Crippen molar-refractivity contribution in [3.8, 4) is 5.82 Å². The van der Waals surface area contributed by atoms with Crippen LogP contribution in [0.25, 0.3) is 5.82 Å². The van der Waals surface area contributed by atoms with Crippen molar-refractivity contribution in [1.82, 2.24) is 14.8 Å². The average molecular weight is 201 g/mol. The van der Waals surface area contributed by atoms with Gasteiger partial charge in [-0.1, -0.05) is 19.9 Å². The molecule has 2 rings (SSSR count). The molecule has 0 aliphatic rings. The van der Waals surface area contributed by atoms with Crippen LogP contribution in [0.2, 0.25) is 0 Å². The zero-order chi connectivity index (χ0) is 10.8. The highest BCUT2D eigenvalue weighted by molar-refractivity contribution is 5.26. The van der Waals surface area contributed by atoms with Gasteiger partial charge in [0.05, 0.1) is 6.20 Å². The Labute approximate surface area is 89.8 Å². The fourth-order valence-corrected chi connectivity index (χ4v) is 1.41. The lowest BCUT2D eigenvalue weighted by Crippen LogP contribution is -1.98. The van der Waals surface area contributed by atoms with Crippen molar-refractivity contribution in [2.45, 2.75) is 26.7 Å². The minimum Gasteiger partial charge on any atom is -0.237 e. The minimum atomic E-state index is 0.519. The van der Waals surface area contributed by atoms with Crippen LogP contribution in [0.3, 0.4) is 0 Å². The van der Waals surface area contributed by atoms with Crippen molar-refractivity contribution in [2.24, 2.45) is 0 Å². The fourth-order valence-electron chi connectivity index (χ4n) is 1.41. The van der Waals surface area contributed by atoms with E-state index in [0.29, 0.717) is 5.92 Å². The van der Waals surface area contributed by atoms with Crippen LogP contribution in [0, 0.1) is 6.92 Å². The molecule has 3 nitrogen and oxygen atoms in total. The van der Waals surface area contributed by atoms with Gasteiger partial charge in [-0.2, -0.15) is 5.10 Å².